The first-order valence-electron chi connectivity index (χ1n) is 4.37. The number of anilines is 1. The van der Waals surface area contributed by atoms with E-state index in [0.717, 1.165) is 0 Å². The van der Waals surface area contributed by atoms with E-state index in [1.807, 2.05) is 6.92 Å². The molecule has 3 nitrogen and oxygen atoms in total. The van der Waals surface area contributed by atoms with Gasteiger partial charge in [0.1, 0.15) is 6.10 Å². The van der Waals surface area contributed by atoms with Gasteiger partial charge in [0.05, 0.1) is 6.10 Å². The average Bonchev–Trinajstić information content (AvgIpc) is 2.16. The normalized spacial score (nSPS) is 15.3. The summed E-state index contributed by atoms with van der Waals surface area (Å²) in [4.78, 5) is 0. The minimum Gasteiger partial charge on any atom is -0.398 e. The second-order valence-electron chi connectivity index (χ2n) is 3.05. The number of hydrogen-bond donors (Lipinski definition) is 3. The van der Waals surface area contributed by atoms with Crippen LogP contribution in [0.3, 0.4) is 0 Å². The molecule has 0 aliphatic carbocycles. The molecule has 0 aliphatic heterocycles. The Labute approximate surface area is 77.8 Å². The van der Waals surface area contributed by atoms with Gasteiger partial charge in [-0.25, -0.2) is 0 Å². The molecule has 72 valence electrons. The van der Waals surface area contributed by atoms with Gasteiger partial charge in [-0.15, -0.1) is 0 Å². The smallest absolute Gasteiger partial charge is 0.107 e. The van der Waals surface area contributed by atoms with Crippen molar-refractivity contribution in [1.82, 2.24) is 0 Å². The van der Waals surface area contributed by atoms with Gasteiger partial charge in [-0.05, 0) is 12.5 Å². The lowest BCUT2D eigenvalue weighted by molar-refractivity contribution is 0.0169. The lowest BCUT2D eigenvalue weighted by Crippen LogP contribution is -2.18. The molecule has 2 unspecified atom stereocenters. The van der Waals surface area contributed by atoms with Crippen molar-refractivity contribution in [3.63, 3.8) is 0 Å². The molecule has 0 bridgehead atoms. The van der Waals surface area contributed by atoms with Gasteiger partial charge in [-0.1, -0.05) is 25.1 Å². The van der Waals surface area contributed by atoms with Gasteiger partial charge in [0.2, 0.25) is 0 Å². The van der Waals surface area contributed by atoms with Gasteiger partial charge in [0.25, 0.3) is 0 Å². The van der Waals surface area contributed by atoms with Crippen LogP contribution >= 0.6 is 0 Å². The summed E-state index contributed by atoms with van der Waals surface area (Å²) in [5.41, 5.74) is 6.75. The van der Waals surface area contributed by atoms with Crippen molar-refractivity contribution in [3.05, 3.63) is 29.8 Å². The van der Waals surface area contributed by atoms with E-state index in [9.17, 15) is 10.2 Å². The van der Waals surface area contributed by atoms with Crippen LogP contribution in [0.4, 0.5) is 5.69 Å². The first-order valence-corrected chi connectivity index (χ1v) is 4.37. The van der Waals surface area contributed by atoms with E-state index >= 15 is 0 Å². The van der Waals surface area contributed by atoms with Crippen LogP contribution in [0.25, 0.3) is 0 Å². The maximum Gasteiger partial charge on any atom is 0.107 e. The molecule has 2 atom stereocenters. The van der Waals surface area contributed by atoms with Gasteiger partial charge in [0.15, 0.2) is 0 Å². The van der Waals surface area contributed by atoms with E-state index in [2.05, 4.69) is 0 Å². The Morgan fingerprint density at radius 2 is 1.92 bits per heavy atom. The third-order valence-corrected chi connectivity index (χ3v) is 2.10. The third kappa shape index (κ3) is 2.20. The fourth-order valence-electron chi connectivity index (χ4n) is 1.21. The van der Waals surface area contributed by atoms with Crippen molar-refractivity contribution in [3.8, 4) is 0 Å². The second-order valence-corrected chi connectivity index (χ2v) is 3.05. The fourth-order valence-corrected chi connectivity index (χ4v) is 1.21. The third-order valence-electron chi connectivity index (χ3n) is 2.10. The van der Waals surface area contributed by atoms with Gasteiger partial charge in [-0.3, -0.25) is 0 Å². The van der Waals surface area contributed by atoms with Crippen LogP contribution in [0.1, 0.15) is 25.0 Å². The van der Waals surface area contributed by atoms with Crippen LogP contribution in [0.15, 0.2) is 24.3 Å². The van der Waals surface area contributed by atoms with Crippen LogP contribution in [0, 0.1) is 0 Å². The molecule has 0 fully saturated rings. The highest BCUT2D eigenvalue weighted by Gasteiger charge is 2.17. The summed E-state index contributed by atoms with van der Waals surface area (Å²) < 4.78 is 0. The van der Waals surface area contributed by atoms with Crippen molar-refractivity contribution in [2.45, 2.75) is 25.6 Å². The minimum atomic E-state index is -0.883. The highest BCUT2D eigenvalue weighted by atomic mass is 16.3. The van der Waals surface area contributed by atoms with E-state index in [1.54, 1.807) is 24.3 Å². The molecule has 0 radical (unpaired) electrons. The average molecular weight is 181 g/mol. The maximum atomic E-state index is 9.64. The SMILES string of the molecule is CCC(O)C(O)c1ccccc1N. The standard InChI is InChI=1S/C10H15NO2/c1-2-9(12)10(13)7-5-3-4-6-8(7)11/h3-6,9-10,12-13H,2,11H2,1H3. The summed E-state index contributed by atoms with van der Waals surface area (Å²) >= 11 is 0. The van der Waals surface area contributed by atoms with Crippen LogP contribution in [-0.2, 0) is 0 Å². The van der Waals surface area contributed by atoms with Gasteiger partial charge in [-0.2, -0.15) is 0 Å². The molecule has 13 heavy (non-hydrogen) atoms. The molecule has 1 aromatic rings. The molecule has 0 heterocycles. The van der Waals surface area contributed by atoms with Gasteiger partial charge >= 0.3 is 0 Å². The zero-order valence-corrected chi connectivity index (χ0v) is 7.64. The highest BCUT2D eigenvalue weighted by molar-refractivity contribution is 5.47. The molecule has 0 amide bonds. The molecule has 3 heteroatoms. The van der Waals surface area contributed by atoms with Crippen molar-refractivity contribution in [2.24, 2.45) is 0 Å². The Bertz CT molecular complexity index is 275. The summed E-state index contributed by atoms with van der Waals surface area (Å²) in [5.74, 6) is 0. The number of nitrogens with two attached hydrogens (primary N) is 1. The number of hydrogen-bond acceptors (Lipinski definition) is 3. The first-order chi connectivity index (χ1) is 6.16. The topological polar surface area (TPSA) is 66.5 Å². The zero-order chi connectivity index (χ0) is 9.84. The van der Waals surface area contributed by atoms with Crippen molar-refractivity contribution in [2.75, 3.05) is 5.73 Å². The molecule has 1 aromatic carbocycles. The summed E-state index contributed by atoms with van der Waals surface area (Å²) in [5, 5.41) is 19.0. The van der Waals surface area contributed by atoms with E-state index in [4.69, 9.17) is 5.73 Å². The monoisotopic (exact) mass is 181 g/mol. The molecule has 4 N–H and O–H groups in total. The lowest BCUT2D eigenvalue weighted by atomic mass is 10.0. The number of para-hydroxylation sites is 1. The quantitative estimate of drug-likeness (QED) is 0.611. The second kappa shape index (κ2) is 4.25. The molecule has 0 spiro atoms. The Hall–Kier alpha value is -1.06. The molecule has 0 aliphatic rings. The zero-order valence-electron chi connectivity index (χ0n) is 7.64. The number of rotatable bonds is 3. The molecule has 0 saturated heterocycles. The van der Waals surface area contributed by atoms with E-state index in [0.29, 0.717) is 17.7 Å². The number of aliphatic hydroxyl groups is 2. The number of nitrogen functional groups attached to an aromatic ring is 1. The minimum absolute atomic E-state index is 0.509. The van der Waals surface area contributed by atoms with E-state index in [-0.39, 0.29) is 0 Å². The Morgan fingerprint density at radius 1 is 1.31 bits per heavy atom. The van der Waals surface area contributed by atoms with Crippen LogP contribution < -0.4 is 5.73 Å². The van der Waals surface area contributed by atoms with E-state index < -0.39 is 12.2 Å². The summed E-state index contributed by atoms with van der Waals surface area (Å²) in [7, 11) is 0. The van der Waals surface area contributed by atoms with Gasteiger partial charge < -0.3 is 15.9 Å². The summed E-state index contributed by atoms with van der Waals surface area (Å²) in [6.45, 7) is 1.81. The molecular formula is C10H15NO2. The van der Waals surface area contributed by atoms with Crippen LogP contribution in [0.5, 0.6) is 0 Å². The maximum absolute atomic E-state index is 9.64. The molecular weight excluding hydrogens is 166 g/mol. The molecule has 0 saturated carbocycles. The Balaban J connectivity index is 2.88. The van der Waals surface area contributed by atoms with Crippen molar-refractivity contribution < 1.29 is 10.2 Å². The van der Waals surface area contributed by atoms with Crippen LogP contribution in [0.2, 0.25) is 0 Å². The number of benzene rings is 1. The predicted octanol–water partition coefficient (Wildman–Crippen LogP) is 1.07. The van der Waals surface area contributed by atoms with E-state index in [1.165, 1.54) is 0 Å². The predicted molar refractivity (Wildman–Crippen MR) is 52.1 cm³/mol. The largest absolute Gasteiger partial charge is 0.398 e. The summed E-state index contributed by atoms with van der Waals surface area (Å²) in [6, 6.07) is 7.01. The molecule has 1 rings (SSSR count). The number of aliphatic hydroxyl groups excluding tert-OH is 2. The molecule has 0 aromatic heterocycles. The highest BCUT2D eigenvalue weighted by Crippen LogP contribution is 2.23. The van der Waals surface area contributed by atoms with Crippen molar-refractivity contribution >= 4 is 5.69 Å². The Kier molecular flexibility index (Phi) is 3.28. The Morgan fingerprint density at radius 3 is 2.46 bits per heavy atom. The van der Waals surface area contributed by atoms with Gasteiger partial charge in [0, 0.05) is 11.3 Å². The first kappa shape index (κ1) is 10.0. The van der Waals surface area contributed by atoms with Crippen LogP contribution in [-0.4, -0.2) is 16.3 Å². The fraction of sp³-hybridized carbons (Fsp3) is 0.400. The summed E-state index contributed by atoms with van der Waals surface area (Å²) in [6.07, 6.45) is -1.12. The van der Waals surface area contributed by atoms with Crippen molar-refractivity contribution in [1.29, 1.82) is 0 Å². The lowest BCUT2D eigenvalue weighted by Gasteiger charge is -2.17.